The average Bonchev–Trinajstić information content (AvgIpc) is 3.47. The number of epoxide rings is 1. The predicted molar refractivity (Wildman–Crippen MR) is 107 cm³/mol. The predicted octanol–water partition coefficient (Wildman–Crippen LogP) is 2.63. The zero-order chi connectivity index (χ0) is 20.2. The molecule has 5 fully saturated rings. The van der Waals surface area contributed by atoms with Crippen LogP contribution in [0.3, 0.4) is 0 Å². The number of ether oxygens (including phenoxy) is 1. The highest BCUT2D eigenvalue weighted by molar-refractivity contribution is 6.51. The number of hydrogen-bond donors (Lipinski definition) is 0. The first-order chi connectivity index (χ1) is 13.9. The van der Waals surface area contributed by atoms with Crippen molar-refractivity contribution in [2.45, 2.75) is 45.2 Å². The lowest BCUT2D eigenvalue weighted by Crippen LogP contribution is -2.56. The van der Waals surface area contributed by atoms with Gasteiger partial charge in [0, 0.05) is 6.54 Å². The van der Waals surface area contributed by atoms with E-state index in [0.29, 0.717) is 17.3 Å². The van der Waals surface area contributed by atoms with Gasteiger partial charge in [-0.05, 0) is 48.0 Å². The maximum atomic E-state index is 12.5. The zero-order valence-corrected chi connectivity index (χ0v) is 17.1. The monoisotopic (exact) mass is 397 g/mol. The van der Waals surface area contributed by atoms with Crippen molar-refractivity contribution in [3.63, 3.8) is 0 Å². The highest BCUT2D eigenvalue weighted by Gasteiger charge is 2.57. The fourth-order valence-corrected chi connectivity index (χ4v) is 5.80. The number of fused-ring (bicyclic) bond motifs is 2. The molecule has 0 amide bonds. The third kappa shape index (κ3) is 3.59. The van der Waals surface area contributed by atoms with Crippen LogP contribution in [0, 0.1) is 23.2 Å². The van der Waals surface area contributed by atoms with Gasteiger partial charge in [-0.3, -0.25) is 14.5 Å². The van der Waals surface area contributed by atoms with Crippen molar-refractivity contribution >= 4 is 19.1 Å². The fourth-order valence-electron chi connectivity index (χ4n) is 5.80. The van der Waals surface area contributed by atoms with E-state index in [1.165, 1.54) is 19.3 Å². The standard InChI is InChI=1S/C22H28BNO5/c1-22(2)16-9-8-15(17(22)10-16)11-24-12-18(25)28-23(29-19(26)13-24)21-20(27-21)14-6-4-3-5-7-14/h3-7,15-17,20-21H,8-13H2,1-2H3/t15?,16-,17?,20?,21?/m1/s1. The molecule has 3 aliphatic carbocycles. The van der Waals surface area contributed by atoms with Gasteiger partial charge < -0.3 is 14.0 Å². The quantitative estimate of drug-likeness (QED) is 0.575. The molecule has 1 aromatic rings. The van der Waals surface area contributed by atoms with E-state index in [-0.39, 0.29) is 31.1 Å². The normalized spacial score (nSPS) is 36.3. The van der Waals surface area contributed by atoms with Gasteiger partial charge in [0.2, 0.25) is 0 Å². The van der Waals surface area contributed by atoms with Crippen molar-refractivity contribution < 1.29 is 23.6 Å². The van der Waals surface area contributed by atoms with Gasteiger partial charge in [0.25, 0.3) is 0 Å². The van der Waals surface area contributed by atoms with Crippen LogP contribution in [-0.2, 0) is 23.6 Å². The molecule has 29 heavy (non-hydrogen) atoms. The largest absolute Gasteiger partial charge is 0.632 e. The summed E-state index contributed by atoms with van der Waals surface area (Å²) in [6.45, 7) is 5.72. The summed E-state index contributed by atoms with van der Waals surface area (Å²) >= 11 is 0. The van der Waals surface area contributed by atoms with Crippen molar-refractivity contribution in [2.24, 2.45) is 23.2 Å². The van der Waals surface area contributed by atoms with E-state index in [2.05, 4.69) is 13.8 Å². The van der Waals surface area contributed by atoms with E-state index in [0.717, 1.165) is 18.0 Å². The van der Waals surface area contributed by atoms with Crippen LogP contribution in [0.2, 0.25) is 0 Å². The van der Waals surface area contributed by atoms with Gasteiger partial charge in [0.1, 0.15) is 6.10 Å². The van der Waals surface area contributed by atoms with Crippen molar-refractivity contribution in [3.05, 3.63) is 35.9 Å². The number of hydrogen-bond acceptors (Lipinski definition) is 6. The SMILES string of the molecule is CC1(C)C2C[C@H]1CCC2CN1CC(=O)OB(C2OC2c2ccccc2)OC(=O)C1. The Kier molecular flexibility index (Phi) is 4.70. The molecule has 6 rings (SSSR count). The summed E-state index contributed by atoms with van der Waals surface area (Å²) in [5.41, 5.74) is 1.38. The molecule has 0 N–H and O–H groups in total. The Labute approximate surface area is 172 Å². The Balaban J connectivity index is 1.20. The van der Waals surface area contributed by atoms with Crippen LogP contribution in [0.4, 0.5) is 0 Å². The Morgan fingerprint density at radius 1 is 1.07 bits per heavy atom. The molecule has 7 heteroatoms. The summed E-state index contributed by atoms with van der Waals surface area (Å²) in [6, 6.07) is 9.27. The number of carbonyl (C=O) groups is 2. The molecule has 1 aromatic carbocycles. The lowest BCUT2D eigenvalue weighted by atomic mass is 9.45. The molecule has 2 bridgehead atoms. The molecule has 5 aliphatic rings. The number of carbonyl (C=O) groups excluding carboxylic acids is 2. The molecule has 5 atom stereocenters. The molecule has 3 saturated carbocycles. The lowest BCUT2D eigenvalue weighted by molar-refractivity contribution is -0.149. The summed E-state index contributed by atoms with van der Waals surface area (Å²) in [6.07, 6.45) is 3.51. The molecule has 0 spiro atoms. The van der Waals surface area contributed by atoms with Crippen LogP contribution in [0.25, 0.3) is 0 Å². The third-order valence-electron chi connectivity index (χ3n) is 7.62. The highest BCUT2D eigenvalue weighted by atomic mass is 16.7. The zero-order valence-electron chi connectivity index (χ0n) is 17.1. The maximum absolute atomic E-state index is 12.5. The van der Waals surface area contributed by atoms with Gasteiger partial charge in [0.15, 0.2) is 6.00 Å². The molecule has 6 nitrogen and oxygen atoms in total. The van der Waals surface area contributed by atoms with E-state index in [9.17, 15) is 9.59 Å². The highest BCUT2D eigenvalue weighted by Crippen LogP contribution is 2.61. The van der Waals surface area contributed by atoms with E-state index in [4.69, 9.17) is 14.0 Å². The summed E-state index contributed by atoms with van der Waals surface area (Å²) in [5, 5.41) is 0. The lowest BCUT2D eigenvalue weighted by Gasteiger charge is -2.60. The summed E-state index contributed by atoms with van der Waals surface area (Å²) in [4.78, 5) is 26.9. The van der Waals surface area contributed by atoms with Gasteiger partial charge >= 0.3 is 19.1 Å². The number of rotatable bonds is 4. The Bertz CT molecular complexity index is 778. The van der Waals surface area contributed by atoms with Gasteiger partial charge in [-0.15, -0.1) is 0 Å². The van der Waals surface area contributed by atoms with Crippen LogP contribution < -0.4 is 0 Å². The van der Waals surface area contributed by atoms with E-state index in [1.54, 1.807) is 0 Å². The average molecular weight is 397 g/mol. The fraction of sp³-hybridized carbons (Fsp3) is 0.636. The number of benzene rings is 1. The minimum Gasteiger partial charge on any atom is -0.496 e. The first kappa shape index (κ1) is 19.1. The second kappa shape index (κ2) is 7.13. The van der Waals surface area contributed by atoms with Crippen molar-refractivity contribution in [1.82, 2.24) is 4.90 Å². The molecule has 0 aromatic heterocycles. The van der Waals surface area contributed by atoms with Gasteiger partial charge in [-0.25, -0.2) is 0 Å². The van der Waals surface area contributed by atoms with E-state index >= 15 is 0 Å². The molecule has 2 heterocycles. The smallest absolute Gasteiger partial charge is 0.496 e. The molecule has 2 aliphatic heterocycles. The molecular formula is C22H28BNO5. The molecule has 2 saturated heterocycles. The Morgan fingerprint density at radius 2 is 1.76 bits per heavy atom. The van der Waals surface area contributed by atoms with Crippen LogP contribution >= 0.6 is 0 Å². The van der Waals surface area contributed by atoms with Gasteiger partial charge in [-0.1, -0.05) is 44.2 Å². The molecule has 0 radical (unpaired) electrons. The van der Waals surface area contributed by atoms with Crippen molar-refractivity contribution in [3.8, 4) is 0 Å². The minimum atomic E-state index is -0.969. The van der Waals surface area contributed by atoms with E-state index < -0.39 is 13.1 Å². The summed E-state index contributed by atoms with van der Waals surface area (Å²) < 4.78 is 16.6. The molecular weight excluding hydrogens is 369 g/mol. The van der Waals surface area contributed by atoms with Crippen LogP contribution in [0.1, 0.15) is 44.8 Å². The van der Waals surface area contributed by atoms with Crippen LogP contribution in [0.15, 0.2) is 30.3 Å². The van der Waals surface area contributed by atoms with Crippen LogP contribution in [-0.4, -0.2) is 49.6 Å². The Morgan fingerprint density at radius 3 is 2.38 bits per heavy atom. The molecule has 154 valence electrons. The third-order valence-corrected chi connectivity index (χ3v) is 7.62. The Hall–Kier alpha value is -1.86. The summed E-state index contributed by atoms with van der Waals surface area (Å²) in [5.74, 6) is 1.33. The topological polar surface area (TPSA) is 68.4 Å². The van der Waals surface area contributed by atoms with E-state index in [1.807, 2.05) is 35.2 Å². The maximum Gasteiger partial charge on any atom is 0.632 e. The van der Waals surface area contributed by atoms with Gasteiger partial charge in [0.05, 0.1) is 13.1 Å². The second-order valence-electron chi connectivity index (χ2n) is 9.65. The van der Waals surface area contributed by atoms with Gasteiger partial charge in [-0.2, -0.15) is 0 Å². The number of nitrogens with zero attached hydrogens (tertiary/aromatic N) is 1. The first-order valence-corrected chi connectivity index (χ1v) is 10.7. The van der Waals surface area contributed by atoms with Crippen molar-refractivity contribution in [1.29, 1.82) is 0 Å². The van der Waals surface area contributed by atoms with Crippen LogP contribution in [0.5, 0.6) is 0 Å². The molecule has 4 unspecified atom stereocenters. The summed E-state index contributed by atoms with van der Waals surface area (Å²) in [7, 11) is -0.969. The first-order valence-electron chi connectivity index (χ1n) is 10.7. The van der Waals surface area contributed by atoms with Crippen molar-refractivity contribution in [2.75, 3.05) is 19.6 Å². The minimum absolute atomic E-state index is 0.126. The second-order valence-corrected chi connectivity index (χ2v) is 9.65.